The van der Waals surface area contributed by atoms with Crippen LogP contribution >= 0.6 is 0 Å². The minimum atomic E-state index is -1.25. The predicted molar refractivity (Wildman–Crippen MR) is 159 cm³/mol. The Morgan fingerprint density at radius 2 is 1.98 bits per heavy atom. The maximum atomic E-state index is 14.5. The topological polar surface area (TPSA) is 135 Å². The maximum absolute atomic E-state index is 14.5. The van der Waals surface area contributed by atoms with Crippen LogP contribution in [0.5, 0.6) is 5.75 Å². The largest absolute Gasteiger partial charge is 0.497 e. The summed E-state index contributed by atoms with van der Waals surface area (Å²) in [4.78, 5) is 57.3. The van der Waals surface area contributed by atoms with Gasteiger partial charge in [0.1, 0.15) is 23.5 Å². The molecule has 3 heterocycles. The van der Waals surface area contributed by atoms with E-state index in [9.17, 15) is 24.3 Å². The highest BCUT2D eigenvalue weighted by molar-refractivity contribution is 6.04. The van der Waals surface area contributed by atoms with E-state index in [0.29, 0.717) is 37.1 Å². The fourth-order valence-electron chi connectivity index (χ4n) is 6.70. The minimum absolute atomic E-state index is 0.123. The van der Waals surface area contributed by atoms with E-state index in [0.717, 1.165) is 0 Å². The molecule has 0 unspecified atom stereocenters. The van der Waals surface area contributed by atoms with Gasteiger partial charge in [0, 0.05) is 18.7 Å². The van der Waals surface area contributed by atoms with Crippen LogP contribution < -0.4 is 15.0 Å². The molecule has 1 aromatic carbocycles. The lowest BCUT2D eigenvalue weighted by Crippen LogP contribution is -2.59. The number of carbonyl (C=O) groups is 4. The van der Waals surface area contributed by atoms with E-state index in [-0.39, 0.29) is 37.9 Å². The second-order valence-corrected chi connectivity index (χ2v) is 11.4. The van der Waals surface area contributed by atoms with Crippen LogP contribution in [0.3, 0.4) is 0 Å². The third-order valence-corrected chi connectivity index (χ3v) is 8.76. The third-order valence-electron chi connectivity index (χ3n) is 8.76. The molecule has 11 nitrogen and oxygen atoms in total. The fraction of sp³-hybridized carbons (Fsp3) is 0.562. The summed E-state index contributed by atoms with van der Waals surface area (Å²) in [6.45, 7) is 10.9. The van der Waals surface area contributed by atoms with Crippen LogP contribution in [-0.4, -0.2) is 90.4 Å². The van der Waals surface area contributed by atoms with Crippen molar-refractivity contribution in [3.63, 3.8) is 0 Å². The number of anilines is 1. The molecular weight excluding hydrogens is 554 g/mol. The van der Waals surface area contributed by atoms with Gasteiger partial charge in [0.15, 0.2) is 0 Å². The van der Waals surface area contributed by atoms with Gasteiger partial charge in [0.25, 0.3) is 5.91 Å². The van der Waals surface area contributed by atoms with Crippen molar-refractivity contribution in [2.45, 2.75) is 75.8 Å². The van der Waals surface area contributed by atoms with Gasteiger partial charge in [0.2, 0.25) is 11.8 Å². The highest BCUT2D eigenvalue weighted by Crippen LogP contribution is 2.59. The van der Waals surface area contributed by atoms with Gasteiger partial charge in [-0.3, -0.25) is 19.2 Å². The van der Waals surface area contributed by atoms with E-state index in [1.165, 1.54) is 9.80 Å². The van der Waals surface area contributed by atoms with E-state index >= 15 is 0 Å². The van der Waals surface area contributed by atoms with Crippen LogP contribution in [0.4, 0.5) is 5.69 Å². The van der Waals surface area contributed by atoms with Crippen LogP contribution in [0.15, 0.2) is 49.6 Å². The molecule has 43 heavy (non-hydrogen) atoms. The van der Waals surface area contributed by atoms with Crippen molar-refractivity contribution in [3.8, 4) is 5.75 Å². The Labute approximate surface area is 252 Å². The van der Waals surface area contributed by atoms with Crippen LogP contribution in [0.2, 0.25) is 0 Å². The van der Waals surface area contributed by atoms with Crippen molar-refractivity contribution in [1.82, 2.24) is 10.2 Å². The first-order valence-corrected chi connectivity index (χ1v) is 14.9. The number of likely N-dealkylation sites (tertiary alicyclic amines) is 1. The summed E-state index contributed by atoms with van der Waals surface area (Å²) in [6, 6.07) is 5.29. The van der Waals surface area contributed by atoms with Crippen LogP contribution in [0, 0.1) is 11.8 Å². The first kappa shape index (κ1) is 32.2. The number of aliphatic hydroxyl groups excluding tert-OH is 1. The summed E-state index contributed by atoms with van der Waals surface area (Å²) < 4.78 is 17.5. The number of hydrogen-bond acceptors (Lipinski definition) is 8. The number of aliphatic hydroxyl groups is 1. The van der Waals surface area contributed by atoms with Gasteiger partial charge < -0.3 is 34.4 Å². The molecule has 3 aliphatic rings. The molecule has 1 aromatic rings. The van der Waals surface area contributed by atoms with Crippen molar-refractivity contribution in [1.29, 1.82) is 0 Å². The Bertz CT molecular complexity index is 1220. The Balaban J connectivity index is 1.63. The molecule has 0 aliphatic carbocycles. The quantitative estimate of drug-likeness (QED) is 0.233. The summed E-state index contributed by atoms with van der Waals surface area (Å²) >= 11 is 0. The first-order valence-electron chi connectivity index (χ1n) is 14.9. The molecule has 2 N–H and O–H groups in total. The zero-order chi connectivity index (χ0) is 31.3. The van der Waals surface area contributed by atoms with Gasteiger partial charge >= 0.3 is 5.97 Å². The molecule has 3 saturated heterocycles. The van der Waals surface area contributed by atoms with Gasteiger partial charge in [-0.05, 0) is 56.9 Å². The van der Waals surface area contributed by atoms with Gasteiger partial charge in [-0.1, -0.05) is 19.1 Å². The molecule has 234 valence electrons. The van der Waals surface area contributed by atoms with Crippen molar-refractivity contribution in [2.75, 3.05) is 31.7 Å². The maximum Gasteiger partial charge on any atom is 0.312 e. The summed E-state index contributed by atoms with van der Waals surface area (Å²) in [5.74, 6) is -2.78. The fourth-order valence-corrected chi connectivity index (χ4v) is 6.70. The van der Waals surface area contributed by atoms with Crippen LogP contribution in [0.25, 0.3) is 0 Å². The Kier molecular flexibility index (Phi) is 10.3. The highest BCUT2D eigenvalue weighted by Gasteiger charge is 2.75. The summed E-state index contributed by atoms with van der Waals surface area (Å²) in [6.07, 6.45) is 4.15. The van der Waals surface area contributed by atoms with Crippen LogP contribution in [-0.2, 0) is 28.7 Å². The number of nitrogens with one attached hydrogen (secondary N) is 1. The standard InChI is InChI=1S/C32H43N3O8/c1-6-9-10-25(37)33-18-20(4)42-31(40)26-24-15-16-32(43-24)27(26)29(38)35(21(8-3)19-36)28(32)30(39)34(17-7-2)22-11-13-23(41-5)14-12-22/h6-7,11-14,20-21,24,26-28,36H,1-2,8-10,15-19H2,3-5H3,(H,33,37)/t20-,21-,24+,26-,27-,28+,32-/m0/s1. The number of allylic oxidation sites excluding steroid dienone is 1. The monoisotopic (exact) mass is 597 g/mol. The van der Waals surface area contributed by atoms with Gasteiger partial charge in [-0.25, -0.2) is 0 Å². The van der Waals surface area contributed by atoms with E-state index in [1.807, 2.05) is 6.92 Å². The number of fused-ring (bicyclic) bond motifs is 1. The van der Waals surface area contributed by atoms with E-state index < -0.39 is 53.6 Å². The lowest BCUT2D eigenvalue weighted by atomic mass is 9.70. The number of nitrogens with zero attached hydrogens (tertiary/aromatic N) is 2. The SMILES string of the molecule is C=CCCC(=O)NC[C@H](C)OC(=O)[C@@H]1[C@H]2C(=O)N([C@@H](CC)CO)[C@H](C(=O)N(CC=C)c3ccc(OC)cc3)[C@]23CC[C@H]1O3. The summed E-state index contributed by atoms with van der Waals surface area (Å²) in [5.41, 5.74) is -0.665. The van der Waals surface area contributed by atoms with Crippen molar-refractivity contribution < 1.29 is 38.5 Å². The van der Waals surface area contributed by atoms with Gasteiger partial charge in [-0.15, -0.1) is 13.2 Å². The van der Waals surface area contributed by atoms with Crippen LogP contribution in [0.1, 0.15) is 46.0 Å². The zero-order valence-electron chi connectivity index (χ0n) is 25.2. The molecule has 3 aliphatic heterocycles. The number of benzene rings is 1. The predicted octanol–water partition coefficient (Wildman–Crippen LogP) is 2.37. The van der Waals surface area contributed by atoms with E-state index in [1.54, 1.807) is 50.5 Å². The molecule has 0 radical (unpaired) electrons. The number of carbonyl (C=O) groups excluding carboxylic acids is 4. The average Bonchev–Trinajstić information content (AvgIpc) is 3.66. The molecule has 3 fully saturated rings. The second kappa shape index (κ2) is 13.7. The third kappa shape index (κ3) is 6.05. The molecule has 7 atom stereocenters. The molecule has 2 bridgehead atoms. The zero-order valence-corrected chi connectivity index (χ0v) is 25.2. The molecule has 1 spiro atoms. The molecule has 0 saturated carbocycles. The van der Waals surface area contributed by atoms with Crippen molar-refractivity contribution in [3.05, 3.63) is 49.6 Å². The molecule has 11 heteroatoms. The normalized spacial score (nSPS) is 26.8. The minimum Gasteiger partial charge on any atom is -0.497 e. The first-order chi connectivity index (χ1) is 20.7. The Morgan fingerprint density at radius 3 is 2.58 bits per heavy atom. The summed E-state index contributed by atoms with van der Waals surface area (Å²) in [5, 5.41) is 13.0. The number of methoxy groups -OCH3 is 1. The van der Waals surface area contributed by atoms with Gasteiger partial charge in [0.05, 0.1) is 44.2 Å². The van der Waals surface area contributed by atoms with E-state index in [4.69, 9.17) is 14.2 Å². The number of amides is 3. The summed E-state index contributed by atoms with van der Waals surface area (Å²) in [7, 11) is 1.55. The van der Waals surface area contributed by atoms with E-state index in [2.05, 4.69) is 18.5 Å². The highest BCUT2D eigenvalue weighted by atomic mass is 16.6. The molecule has 0 aromatic heterocycles. The molecular formula is C32H43N3O8. The Morgan fingerprint density at radius 1 is 1.26 bits per heavy atom. The average molecular weight is 598 g/mol. The number of esters is 1. The number of hydrogen-bond donors (Lipinski definition) is 2. The Hall–Kier alpha value is -3.70. The lowest BCUT2D eigenvalue weighted by Gasteiger charge is -2.39. The number of ether oxygens (including phenoxy) is 3. The second-order valence-electron chi connectivity index (χ2n) is 11.4. The number of rotatable bonds is 15. The smallest absolute Gasteiger partial charge is 0.312 e. The van der Waals surface area contributed by atoms with Crippen molar-refractivity contribution in [2.24, 2.45) is 11.8 Å². The van der Waals surface area contributed by atoms with Gasteiger partial charge in [-0.2, -0.15) is 0 Å². The lowest BCUT2D eigenvalue weighted by molar-refractivity contribution is -0.159. The van der Waals surface area contributed by atoms with Crippen molar-refractivity contribution >= 4 is 29.4 Å². The molecule has 4 rings (SSSR count). The molecule has 3 amide bonds.